The van der Waals surface area contributed by atoms with Crippen molar-refractivity contribution in [3.8, 4) is 0 Å². The normalized spacial score (nSPS) is 19.9. The van der Waals surface area contributed by atoms with Crippen molar-refractivity contribution in [3.05, 3.63) is 29.8 Å². The highest BCUT2D eigenvalue weighted by Gasteiger charge is 2.34. The molecule has 1 aliphatic carbocycles. The minimum Gasteiger partial charge on any atom is -0.339 e. The maximum absolute atomic E-state index is 13.0. The molecule has 1 heterocycles. The van der Waals surface area contributed by atoms with Crippen molar-refractivity contribution >= 4 is 17.5 Å². The number of carbonyl (C=O) groups excluding carboxylic acids is 2. The van der Waals surface area contributed by atoms with Crippen LogP contribution in [0.5, 0.6) is 0 Å². The first-order chi connectivity index (χ1) is 11.5. The summed E-state index contributed by atoms with van der Waals surface area (Å²) in [4.78, 5) is 28.9. The van der Waals surface area contributed by atoms with Gasteiger partial charge in [0, 0.05) is 32.1 Å². The molecule has 1 aliphatic heterocycles. The van der Waals surface area contributed by atoms with Gasteiger partial charge in [-0.1, -0.05) is 12.1 Å². The number of likely N-dealkylation sites (tertiary alicyclic amines) is 1. The molecule has 0 radical (unpaired) electrons. The molecule has 2 fully saturated rings. The molecule has 24 heavy (non-hydrogen) atoms. The summed E-state index contributed by atoms with van der Waals surface area (Å²) in [7, 11) is 1.77. The van der Waals surface area contributed by atoms with E-state index in [0.29, 0.717) is 17.2 Å². The topological polar surface area (TPSA) is 66.6 Å². The van der Waals surface area contributed by atoms with Crippen molar-refractivity contribution in [1.82, 2.24) is 4.90 Å². The van der Waals surface area contributed by atoms with E-state index in [1.165, 1.54) is 0 Å². The first kappa shape index (κ1) is 17.0. The Morgan fingerprint density at radius 3 is 2.38 bits per heavy atom. The zero-order chi connectivity index (χ0) is 17.3. The maximum Gasteiger partial charge on any atom is 0.255 e. The van der Waals surface area contributed by atoms with E-state index >= 15 is 0 Å². The largest absolute Gasteiger partial charge is 0.339 e. The fourth-order valence-corrected chi connectivity index (χ4v) is 3.47. The molecule has 0 bridgehead atoms. The molecule has 2 amide bonds. The molecule has 2 N–H and O–H groups in total. The highest BCUT2D eigenvalue weighted by Crippen LogP contribution is 2.33. The van der Waals surface area contributed by atoms with Crippen molar-refractivity contribution in [2.24, 2.45) is 17.6 Å². The fourth-order valence-electron chi connectivity index (χ4n) is 3.47. The summed E-state index contributed by atoms with van der Waals surface area (Å²) < 4.78 is 0. The Balaban J connectivity index is 1.74. The van der Waals surface area contributed by atoms with Gasteiger partial charge in [-0.2, -0.15) is 0 Å². The van der Waals surface area contributed by atoms with Gasteiger partial charge in [-0.3, -0.25) is 9.59 Å². The highest BCUT2D eigenvalue weighted by atomic mass is 16.2. The van der Waals surface area contributed by atoms with Crippen molar-refractivity contribution in [3.63, 3.8) is 0 Å². The Kier molecular flexibility index (Phi) is 4.90. The van der Waals surface area contributed by atoms with Crippen LogP contribution in [0.2, 0.25) is 0 Å². The monoisotopic (exact) mass is 329 g/mol. The van der Waals surface area contributed by atoms with Crippen molar-refractivity contribution in [2.45, 2.75) is 38.6 Å². The third-order valence-corrected chi connectivity index (χ3v) is 5.32. The van der Waals surface area contributed by atoms with Crippen molar-refractivity contribution < 1.29 is 9.59 Å². The molecule has 0 aromatic heterocycles. The fraction of sp³-hybridized carbons (Fsp3) is 0.579. The molecule has 5 heteroatoms. The van der Waals surface area contributed by atoms with Gasteiger partial charge < -0.3 is 15.5 Å². The van der Waals surface area contributed by atoms with Gasteiger partial charge in [-0.25, -0.2) is 0 Å². The number of para-hydroxylation sites is 1. The van der Waals surface area contributed by atoms with Gasteiger partial charge in [0.05, 0.1) is 11.3 Å². The minimum absolute atomic E-state index is 0.0178. The van der Waals surface area contributed by atoms with Gasteiger partial charge in [0.15, 0.2) is 0 Å². The van der Waals surface area contributed by atoms with E-state index in [1.54, 1.807) is 11.9 Å². The van der Waals surface area contributed by atoms with Crippen LogP contribution in [-0.4, -0.2) is 42.9 Å². The lowest BCUT2D eigenvalue weighted by molar-refractivity contribution is -0.119. The van der Waals surface area contributed by atoms with Gasteiger partial charge in [0.2, 0.25) is 5.91 Å². The average molecular weight is 329 g/mol. The minimum atomic E-state index is 0.0178. The molecule has 1 unspecified atom stereocenters. The van der Waals surface area contributed by atoms with Crippen molar-refractivity contribution in [1.29, 1.82) is 0 Å². The molecular formula is C19H27N3O2. The maximum atomic E-state index is 13.0. The SMILES string of the molecule is CC(N)C1CCN(C(=O)c2ccccc2N(C)C(=O)C2CC2)CC1. The number of nitrogens with zero attached hydrogens (tertiary/aromatic N) is 2. The molecule has 1 saturated heterocycles. The number of nitrogens with two attached hydrogens (primary N) is 1. The first-order valence-electron chi connectivity index (χ1n) is 8.90. The smallest absolute Gasteiger partial charge is 0.255 e. The molecule has 1 atom stereocenters. The van der Waals surface area contributed by atoms with Crippen LogP contribution >= 0.6 is 0 Å². The van der Waals surface area contributed by atoms with Crippen molar-refractivity contribution in [2.75, 3.05) is 25.0 Å². The van der Waals surface area contributed by atoms with Crippen LogP contribution in [0.15, 0.2) is 24.3 Å². The summed E-state index contributed by atoms with van der Waals surface area (Å²) in [5.74, 6) is 0.762. The number of benzene rings is 1. The Morgan fingerprint density at radius 2 is 1.79 bits per heavy atom. The Bertz CT molecular complexity index is 617. The number of piperidine rings is 1. The number of hydrogen-bond donors (Lipinski definition) is 1. The predicted octanol–water partition coefficient (Wildman–Crippen LogP) is 2.26. The summed E-state index contributed by atoms with van der Waals surface area (Å²) >= 11 is 0. The lowest BCUT2D eigenvalue weighted by Crippen LogP contribution is -2.43. The molecule has 0 spiro atoms. The molecule has 130 valence electrons. The van der Waals surface area contributed by atoms with Gasteiger partial charge >= 0.3 is 0 Å². The van der Waals surface area contributed by atoms with E-state index in [1.807, 2.05) is 36.1 Å². The number of amides is 2. The van der Waals surface area contributed by atoms with Crippen LogP contribution in [-0.2, 0) is 4.79 Å². The highest BCUT2D eigenvalue weighted by molar-refractivity contribution is 6.05. The van der Waals surface area contributed by atoms with Crippen LogP contribution in [0.4, 0.5) is 5.69 Å². The van der Waals surface area contributed by atoms with Gasteiger partial charge in [-0.05, 0) is 50.7 Å². The molecule has 1 aromatic carbocycles. The average Bonchev–Trinajstić information content (AvgIpc) is 3.45. The molecular weight excluding hydrogens is 302 g/mol. The molecule has 1 aromatic rings. The second kappa shape index (κ2) is 6.93. The summed E-state index contributed by atoms with van der Waals surface area (Å²) in [5.41, 5.74) is 7.32. The van der Waals surface area contributed by atoms with E-state index in [4.69, 9.17) is 5.73 Å². The van der Waals surface area contributed by atoms with Crippen LogP contribution in [0.1, 0.15) is 43.0 Å². The Morgan fingerprint density at radius 1 is 1.17 bits per heavy atom. The van der Waals surface area contributed by atoms with Gasteiger partial charge in [-0.15, -0.1) is 0 Å². The quantitative estimate of drug-likeness (QED) is 0.921. The summed E-state index contributed by atoms with van der Waals surface area (Å²) in [5, 5.41) is 0. The summed E-state index contributed by atoms with van der Waals surface area (Å²) in [6.07, 6.45) is 3.82. The number of rotatable bonds is 4. The lowest BCUT2D eigenvalue weighted by Gasteiger charge is -2.34. The van der Waals surface area contributed by atoms with E-state index < -0.39 is 0 Å². The van der Waals surface area contributed by atoms with Gasteiger partial charge in [0.1, 0.15) is 0 Å². The van der Waals surface area contributed by atoms with E-state index in [0.717, 1.165) is 38.8 Å². The second-order valence-electron chi connectivity index (χ2n) is 7.18. The first-order valence-corrected chi connectivity index (χ1v) is 8.90. The van der Waals surface area contributed by atoms with Gasteiger partial charge in [0.25, 0.3) is 5.91 Å². The van der Waals surface area contributed by atoms with E-state index in [9.17, 15) is 9.59 Å². The zero-order valence-electron chi connectivity index (χ0n) is 14.6. The summed E-state index contributed by atoms with van der Waals surface area (Å²) in [6.45, 7) is 3.51. The molecule has 2 aliphatic rings. The lowest BCUT2D eigenvalue weighted by atomic mass is 9.90. The number of carbonyl (C=O) groups is 2. The van der Waals surface area contributed by atoms with E-state index in [-0.39, 0.29) is 23.8 Å². The summed E-state index contributed by atoms with van der Waals surface area (Å²) in [6, 6.07) is 7.61. The number of hydrogen-bond acceptors (Lipinski definition) is 3. The standard InChI is InChI=1S/C19H27N3O2/c1-13(20)14-9-11-22(12-10-14)19(24)16-5-3-4-6-17(16)21(2)18(23)15-7-8-15/h3-6,13-15H,7-12,20H2,1-2H3. The third-order valence-electron chi connectivity index (χ3n) is 5.32. The zero-order valence-corrected chi connectivity index (χ0v) is 14.6. The predicted molar refractivity (Wildman–Crippen MR) is 94.9 cm³/mol. The Hall–Kier alpha value is -1.88. The van der Waals surface area contributed by atoms with Crippen LogP contribution in [0.25, 0.3) is 0 Å². The Labute approximate surface area is 143 Å². The van der Waals surface area contributed by atoms with Crippen LogP contribution in [0, 0.1) is 11.8 Å². The van der Waals surface area contributed by atoms with Crippen LogP contribution in [0.3, 0.4) is 0 Å². The molecule has 5 nitrogen and oxygen atoms in total. The second-order valence-corrected chi connectivity index (χ2v) is 7.18. The number of anilines is 1. The van der Waals surface area contributed by atoms with E-state index in [2.05, 4.69) is 0 Å². The molecule has 1 saturated carbocycles. The third kappa shape index (κ3) is 3.46. The van der Waals surface area contributed by atoms with Crippen LogP contribution < -0.4 is 10.6 Å². The molecule has 3 rings (SSSR count).